The minimum atomic E-state index is -0.516. The second-order valence-corrected chi connectivity index (χ2v) is 8.64. The predicted molar refractivity (Wildman–Crippen MR) is 115 cm³/mol. The number of hydrogen-bond donors (Lipinski definition) is 1. The molecule has 1 aliphatic heterocycles. The summed E-state index contributed by atoms with van der Waals surface area (Å²) >= 11 is 0. The molecule has 2 aromatic rings. The van der Waals surface area contributed by atoms with Crippen molar-refractivity contribution in [2.45, 2.75) is 51.3 Å². The lowest BCUT2D eigenvalue weighted by atomic mass is 9.85. The number of methoxy groups -OCH3 is 1. The van der Waals surface area contributed by atoms with Gasteiger partial charge in [-0.2, -0.15) is 0 Å². The van der Waals surface area contributed by atoms with Crippen LogP contribution >= 0.6 is 0 Å². The van der Waals surface area contributed by atoms with Crippen LogP contribution in [-0.4, -0.2) is 42.8 Å². The van der Waals surface area contributed by atoms with Crippen LogP contribution in [0.1, 0.15) is 44.2 Å². The van der Waals surface area contributed by atoms with Crippen LogP contribution in [0.25, 0.3) is 0 Å². The Morgan fingerprint density at radius 3 is 2.41 bits per heavy atom. The van der Waals surface area contributed by atoms with Crippen molar-refractivity contribution in [1.82, 2.24) is 10.2 Å². The zero-order valence-corrected chi connectivity index (χ0v) is 17.9. The van der Waals surface area contributed by atoms with Gasteiger partial charge >= 0.3 is 6.09 Å². The maximum atomic E-state index is 12.5. The first-order valence-corrected chi connectivity index (χ1v) is 10.2. The summed E-state index contributed by atoms with van der Waals surface area (Å²) in [5, 5.41) is 3.13. The van der Waals surface area contributed by atoms with E-state index in [0.29, 0.717) is 0 Å². The average molecular weight is 397 g/mol. The molecule has 1 amide bonds. The molecule has 0 saturated carbocycles. The Bertz CT molecular complexity index is 784. The van der Waals surface area contributed by atoms with E-state index in [2.05, 4.69) is 46.6 Å². The maximum absolute atomic E-state index is 12.5. The Kier molecular flexibility index (Phi) is 6.80. The number of benzene rings is 2. The highest BCUT2D eigenvalue weighted by atomic mass is 16.6. The van der Waals surface area contributed by atoms with Gasteiger partial charge in [0.25, 0.3) is 0 Å². The van der Waals surface area contributed by atoms with E-state index in [-0.39, 0.29) is 18.1 Å². The van der Waals surface area contributed by atoms with Crippen LogP contribution in [0.3, 0.4) is 0 Å². The largest absolute Gasteiger partial charge is 0.497 e. The molecule has 1 saturated heterocycles. The summed E-state index contributed by atoms with van der Waals surface area (Å²) in [5.41, 5.74) is 1.98. The quantitative estimate of drug-likeness (QED) is 0.804. The molecule has 156 valence electrons. The summed E-state index contributed by atoms with van der Waals surface area (Å²) in [6.45, 7) is 8.30. The molecular formula is C24H32N2O3. The molecular weight excluding hydrogens is 364 g/mol. The molecule has 5 nitrogen and oxygen atoms in total. The third kappa shape index (κ3) is 6.23. The molecule has 0 aromatic heterocycles. The SMILES string of the molecule is COc1ccc([C@@H]2CCN(Cc3ccccc3)C[C@H]2NC(=O)OC(C)(C)C)cc1. The van der Waals surface area contributed by atoms with Crippen molar-refractivity contribution < 1.29 is 14.3 Å². The van der Waals surface area contributed by atoms with Gasteiger partial charge in [0.2, 0.25) is 0 Å². The molecule has 3 rings (SSSR count). The van der Waals surface area contributed by atoms with Gasteiger partial charge in [-0.05, 0) is 57.0 Å². The normalized spacial score (nSPS) is 20.1. The fourth-order valence-electron chi connectivity index (χ4n) is 3.86. The monoisotopic (exact) mass is 396 g/mol. The summed E-state index contributed by atoms with van der Waals surface area (Å²) in [7, 11) is 1.67. The van der Waals surface area contributed by atoms with Gasteiger partial charge < -0.3 is 14.8 Å². The van der Waals surface area contributed by atoms with Gasteiger partial charge in [0.1, 0.15) is 11.4 Å². The zero-order valence-electron chi connectivity index (χ0n) is 17.9. The smallest absolute Gasteiger partial charge is 0.407 e. The van der Waals surface area contributed by atoms with E-state index in [1.54, 1.807) is 7.11 Å². The topological polar surface area (TPSA) is 50.8 Å². The van der Waals surface area contributed by atoms with Gasteiger partial charge in [0.15, 0.2) is 0 Å². The Hall–Kier alpha value is -2.53. The van der Waals surface area contributed by atoms with Crippen LogP contribution in [-0.2, 0) is 11.3 Å². The number of piperidine rings is 1. The number of rotatable bonds is 5. The molecule has 5 heteroatoms. The molecule has 0 unspecified atom stereocenters. The summed E-state index contributed by atoms with van der Waals surface area (Å²) in [4.78, 5) is 14.9. The Morgan fingerprint density at radius 1 is 1.10 bits per heavy atom. The van der Waals surface area contributed by atoms with E-state index in [4.69, 9.17) is 9.47 Å². The van der Waals surface area contributed by atoms with Crippen LogP contribution < -0.4 is 10.1 Å². The summed E-state index contributed by atoms with van der Waals surface area (Å²) in [6.07, 6.45) is 0.613. The van der Waals surface area contributed by atoms with E-state index in [1.807, 2.05) is 39.0 Å². The second-order valence-electron chi connectivity index (χ2n) is 8.64. The van der Waals surface area contributed by atoms with Crippen LogP contribution in [0, 0.1) is 0 Å². The van der Waals surface area contributed by atoms with Crippen molar-refractivity contribution in [3.05, 3.63) is 65.7 Å². The second kappa shape index (κ2) is 9.31. The van der Waals surface area contributed by atoms with E-state index in [0.717, 1.165) is 31.8 Å². The van der Waals surface area contributed by atoms with Crippen LogP contribution in [0.4, 0.5) is 4.79 Å². The molecule has 0 bridgehead atoms. The van der Waals surface area contributed by atoms with Crippen molar-refractivity contribution in [1.29, 1.82) is 0 Å². The number of nitrogens with zero attached hydrogens (tertiary/aromatic N) is 1. The average Bonchev–Trinajstić information content (AvgIpc) is 2.68. The molecule has 0 aliphatic carbocycles. The van der Waals surface area contributed by atoms with Crippen LogP contribution in [0.15, 0.2) is 54.6 Å². The van der Waals surface area contributed by atoms with Gasteiger partial charge in [-0.3, -0.25) is 4.90 Å². The van der Waals surface area contributed by atoms with Crippen molar-refractivity contribution in [3.8, 4) is 5.75 Å². The van der Waals surface area contributed by atoms with Gasteiger partial charge in [-0.15, -0.1) is 0 Å². The molecule has 29 heavy (non-hydrogen) atoms. The third-order valence-corrected chi connectivity index (χ3v) is 5.19. The number of carbonyl (C=O) groups is 1. The first-order chi connectivity index (χ1) is 13.8. The highest BCUT2D eigenvalue weighted by molar-refractivity contribution is 5.68. The van der Waals surface area contributed by atoms with Crippen molar-refractivity contribution in [2.24, 2.45) is 0 Å². The number of likely N-dealkylation sites (tertiary alicyclic amines) is 1. The van der Waals surface area contributed by atoms with E-state index in [1.165, 1.54) is 11.1 Å². The number of nitrogens with one attached hydrogen (secondary N) is 1. The van der Waals surface area contributed by atoms with Gasteiger partial charge in [0, 0.05) is 19.0 Å². The molecule has 1 fully saturated rings. The maximum Gasteiger partial charge on any atom is 0.407 e. The van der Waals surface area contributed by atoms with Gasteiger partial charge in [-0.25, -0.2) is 4.79 Å². The van der Waals surface area contributed by atoms with Crippen molar-refractivity contribution >= 4 is 6.09 Å². The number of ether oxygens (including phenoxy) is 2. The summed E-state index contributed by atoms with van der Waals surface area (Å²) in [6, 6.07) is 18.6. The number of amides is 1. The van der Waals surface area contributed by atoms with Crippen LogP contribution in [0.2, 0.25) is 0 Å². The summed E-state index contributed by atoms with van der Waals surface area (Å²) in [5.74, 6) is 1.08. The van der Waals surface area contributed by atoms with Gasteiger partial charge in [-0.1, -0.05) is 42.5 Å². The first kappa shape index (κ1) is 21.2. The van der Waals surface area contributed by atoms with E-state index >= 15 is 0 Å². The number of alkyl carbamates (subject to hydrolysis) is 1. The molecule has 1 heterocycles. The lowest BCUT2D eigenvalue weighted by molar-refractivity contribution is 0.0455. The van der Waals surface area contributed by atoms with Crippen LogP contribution in [0.5, 0.6) is 5.75 Å². The highest BCUT2D eigenvalue weighted by Crippen LogP contribution is 2.30. The molecule has 2 aromatic carbocycles. The number of carbonyl (C=O) groups excluding carboxylic acids is 1. The number of hydrogen-bond acceptors (Lipinski definition) is 4. The fourth-order valence-corrected chi connectivity index (χ4v) is 3.86. The fraction of sp³-hybridized carbons (Fsp3) is 0.458. The molecule has 0 spiro atoms. The third-order valence-electron chi connectivity index (χ3n) is 5.19. The van der Waals surface area contributed by atoms with Gasteiger partial charge in [0.05, 0.1) is 13.2 Å². The molecule has 2 atom stereocenters. The highest BCUT2D eigenvalue weighted by Gasteiger charge is 2.32. The Morgan fingerprint density at radius 2 is 1.79 bits per heavy atom. The van der Waals surface area contributed by atoms with E-state index in [9.17, 15) is 4.79 Å². The predicted octanol–water partition coefficient (Wildman–Crippen LogP) is 4.58. The summed E-state index contributed by atoms with van der Waals surface area (Å²) < 4.78 is 10.8. The van der Waals surface area contributed by atoms with Crippen molar-refractivity contribution in [2.75, 3.05) is 20.2 Å². The molecule has 0 radical (unpaired) electrons. The first-order valence-electron chi connectivity index (χ1n) is 10.2. The Labute approximate surface area is 174 Å². The minimum Gasteiger partial charge on any atom is -0.497 e. The lowest BCUT2D eigenvalue weighted by Gasteiger charge is -2.39. The standard InChI is InChI=1S/C24H32N2O3/c1-24(2,3)29-23(27)25-22-17-26(16-18-8-6-5-7-9-18)15-14-21(22)19-10-12-20(28-4)13-11-19/h5-13,21-22H,14-17H2,1-4H3,(H,25,27)/t21-,22+/m0/s1. The van der Waals surface area contributed by atoms with E-state index < -0.39 is 5.60 Å². The zero-order chi connectivity index (χ0) is 20.9. The molecule has 1 aliphatic rings. The Balaban J connectivity index is 1.74. The van der Waals surface area contributed by atoms with Crippen molar-refractivity contribution in [3.63, 3.8) is 0 Å². The molecule has 1 N–H and O–H groups in total. The lowest BCUT2D eigenvalue weighted by Crippen LogP contribution is -2.52. The minimum absolute atomic E-state index is 0.0179.